The smallest absolute Gasteiger partial charge is 0.0614 e. The average Bonchev–Trinajstić information content (AvgIpc) is 2.33. The average molecular weight is 234 g/mol. The highest BCUT2D eigenvalue weighted by molar-refractivity contribution is 5.88. The first-order valence-electron chi connectivity index (χ1n) is 6.79. The topological polar surface area (TPSA) is 44.6 Å². The van der Waals surface area contributed by atoms with Gasteiger partial charge in [0.25, 0.3) is 0 Å². The molecule has 1 fully saturated rings. The standard InChI is InChI=1S/C14H22N2O/c1-9-13-7-10-3-4-11(16-17)8-12(10)14(9,2)5-6-15-13/h9,13,15,17H,3-8H2,1-2H3/t9-,13-,14-/m1/s1. The van der Waals surface area contributed by atoms with Crippen molar-refractivity contribution < 1.29 is 5.21 Å². The first kappa shape index (κ1) is 11.3. The fourth-order valence-electron chi connectivity index (χ4n) is 4.09. The van der Waals surface area contributed by atoms with Crippen LogP contribution >= 0.6 is 0 Å². The predicted molar refractivity (Wildman–Crippen MR) is 68.4 cm³/mol. The molecule has 2 aliphatic carbocycles. The fourth-order valence-corrected chi connectivity index (χ4v) is 4.09. The number of allylic oxidation sites excluding steroid dienone is 1. The number of rotatable bonds is 0. The van der Waals surface area contributed by atoms with Crippen LogP contribution in [-0.2, 0) is 0 Å². The van der Waals surface area contributed by atoms with E-state index in [0.717, 1.165) is 31.5 Å². The van der Waals surface area contributed by atoms with E-state index in [1.807, 2.05) is 0 Å². The van der Waals surface area contributed by atoms with Gasteiger partial charge < -0.3 is 10.5 Å². The van der Waals surface area contributed by atoms with E-state index in [9.17, 15) is 0 Å². The molecule has 0 spiro atoms. The molecule has 1 aliphatic heterocycles. The second kappa shape index (κ2) is 3.84. The van der Waals surface area contributed by atoms with E-state index >= 15 is 0 Å². The van der Waals surface area contributed by atoms with E-state index in [2.05, 4.69) is 24.3 Å². The van der Waals surface area contributed by atoms with Crippen molar-refractivity contribution in [3.05, 3.63) is 11.1 Å². The van der Waals surface area contributed by atoms with Gasteiger partial charge in [-0.1, -0.05) is 30.1 Å². The van der Waals surface area contributed by atoms with Crippen molar-refractivity contribution in [3.63, 3.8) is 0 Å². The maximum Gasteiger partial charge on any atom is 0.0614 e. The number of nitrogens with zero attached hydrogens (tertiary/aromatic N) is 1. The van der Waals surface area contributed by atoms with Crippen LogP contribution in [0.1, 0.15) is 46.0 Å². The Bertz CT molecular complexity index is 399. The molecule has 0 amide bonds. The first-order chi connectivity index (χ1) is 8.15. The van der Waals surface area contributed by atoms with Crippen molar-refractivity contribution in [2.45, 2.75) is 52.0 Å². The lowest BCUT2D eigenvalue weighted by Gasteiger charge is -2.52. The van der Waals surface area contributed by atoms with Crippen molar-refractivity contribution in [3.8, 4) is 0 Å². The summed E-state index contributed by atoms with van der Waals surface area (Å²) in [6.07, 6.45) is 5.41. The highest BCUT2D eigenvalue weighted by atomic mass is 16.4. The second-order valence-electron chi connectivity index (χ2n) is 6.15. The number of hydrogen-bond donors (Lipinski definition) is 2. The summed E-state index contributed by atoms with van der Waals surface area (Å²) in [6, 6.07) is 0.667. The molecule has 0 aromatic rings. The van der Waals surface area contributed by atoms with E-state index < -0.39 is 0 Å². The molecule has 3 nitrogen and oxygen atoms in total. The van der Waals surface area contributed by atoms with Crippen LogP contribution in [0.25, 0.3) is 0 Å². The molecule has 0 unspecified atom stereocenters. The molecule has 1 heterocycles. The van der Waals surface area contributed by atoms with Crippen molar-refractivity contribution in [1.29, 1.82) is 0 Å². The van der Waals surface area contributed by atoms with Crippen LogP contribution in [0.5, 0.6) is 0 Å². The third kappa shape index (κ3) is 1.55. The molecular formula is C14H22N2O. The zero-order valence-electron chi connectivity index (χ0n) is 10.8. The molecule has 94 valence electrons. The molecule has 0 radical (unpaired) electrons. The predicted octanol–water partition coefficient (Wildman–Crippen LogP) is 2.71. The largest absolute Gasteiger partial charge is 0.411 e. The third-order valence-corrected chi connectivity index (χ3v) is 5.48. The molecule has 0 saturated carbocycles. The lowest BCUT2D eigenvalue weighted by Crippen LogP contribution is -2.54. The molecule has 17 heavy (non-hydrogen) atoms. The second-order valence-corrected chi connectivity index (χ2v) is 6.15. The highest BCUT2D eigenvalue weighted by Gasteiger charge is 2.47. The molecule has 3 atom stereocenters. The summed E-state index contributed by atoms with van der Waals surface area (Å²) in [5.74, 6) is 0.702. The van der Waals surface area contributed by atoms with Crippen LogP contribution in [0.15, 0.2) is 16.3 Å². The molecule has 3 heteroatoms. The van der Waals surface area contributed by atoms with Gasteiger partial charge in [-0.2, -0.15) is 0 Å². The lowest BCUT2D eigenvalue weighted by atomic mass is 9.57. The first-order valence-corrected chi connectivity index (χ1v) is 6.79. The van der Waals surface area contributed by atoms with Crippen molar-refractivity contribution in [2.75, 3.05) is 6.54 Å². The summed E-state index contributed by atoms with van der Waals surface area (Å²) >= 11 is 0. The Morgan fingerprint density at radius 1 is 1.41 bits per heavy atom. The number of oxime groups is 1. The number of nitrogens with one attached hydrogen (secondary N) is 1. The molecule has 2 N–H and O–H groups in total. The molecule has 0 aromatic carbocycles. The zero-order valence-corrected chi connectivity index (χ0v) is 10.8. The van der Waals surface area contributed by atoms with Crippen LogP contribution in [-0.4, -0.2) is 23.5 Å². The summed E-state index contributed by atoms with van der Waals surface area (Å²) in [5.41, 5.74) is 4.56. The van der Waals surface area contributed by atoms with E-state index in [-0.39, 0.29) is 0 Å². The molecule has 3 aliphatic rings. The highest BCUT2D eigenvalue weighted by Crippen LogP contribution is 2.52. The van der Waals surface area contributed by atoms with E-state index in [0.29, 0.717) is 17.4 Å². The van der Waals surface area contributed by atoms with Gasteiger partial charge in [0, 0.05) is 12.5 Å². The monoisotopic (exact) mass is 234 g/mol. The molecular weight excluding hydrogens is 212 g/mol. The third-order valence-electron chi connectivity index (χ3n) is 5.48. The van der Waals surface area contributed by atoms with E-state index in [4.69, 9.17) is 5.21 Å². The Morgan fingerprint density at radius 3 is 3.00 bits per heavy atom. The van der Waals surface area contributed by atoms with Gasteiger partial charge >= 0.3 is 0 Å². The normalized spacial score (nSPS) is 43.8. The summed E-state index contributed by atoms with van der Waals surface area (Å²) in [4.78, 5) is 0. The molecule has 0 aromatic heterocycles. The van der Waals surface area contributed by atoms with Crippen LogP contribution in [0, 0.1) is 11.3 Å². The lowest BCUT2D eigenvalue weighted by molar-refractivity contribution is 0.115. The van der Waals surface area contributed by atoms with E-state index in [1.165, 1.54) is 12.8 Å². The van der Waals surface area contributed by atoms with Gasteiger partial charge in [0.2, 0.25) is 0 Å². The number of piperidine rings is 1. The number of hydrogen-bond acceptors (Lipinski definition) is 3. The Morgan fingerprint density at radius 2 is 2.24 bits per heavy atom. The van der Waals surface area contributed by atoms with Gasteiger partial charge in [0.1, 0.15) is 0 Å². The number of fused-ring (bicyclic) bond motifs is 3. The molecule has 1 saturated heterocycles. The van der Waals surface area contributed by atoms with Crippen molar-refractivity contribution in [2.24, 2.45) is 16.5 Å². The van der Waals surface area contributed by atoms with Crippen LogP contribution in [0.2, 0.25) is 0 Å². The maximum absolute atomic E-state index is 9.01. The van der Waals surface area contributed by atoms with Gasteiger partial charge in [0.15, 0.2) is 0 Å². The minimum atomic E-state index is 0.333. The summed E-state index contributed by atoms with van der Waals surface area (Å²) in [7, 11) is 0. The zero-order chi connectivity index (χ0) is 12.0. The van der Waals surface area contributed by atoms with Gasteiger partial charge in [-0.15, -0.1) is 0 Å². The Hall–Kier alpha value is -0.830. The summed E-state index contributed by atoms with van der Waals surface area (Å²) in [6.45, 7) is 5.93. The quantitative estimate of drug-likeness (QED) is 0.384. The Balaban J connectivity index is 2.02. The Labute approximate surface area is 103 Å². The summed E-state index contributed by atoms with van der Waals surface area (Å²) in [5, 5.41) is 16.1. The minimum Gasteiger partial charge on any atom is -0.411 e. The van der Waals surface area contributed by atoms with Crippen LogP contribution in [0.4, 0.5) is 0 Å². The SMILES string of the molecule is C[C@@H]1[C@H]2CC3=C(CC(=NO)CC3)[C@]1(C)CCN2. The molecule has 3 rings (SSSR count). The van der Waals surface area contributed by atoms with Gasteiger partial charge in [0.05, 0.1) is 5.71 Å². The fraction of sp³-hybridized carbons (Fsp3) is 0.786. The molecule has 2 bridgehead atoms. The Kier molecular flexibility index (Phi) is 2.54. The van der Waals surface area contributed by atoms with E-state index in [1.54, 1.807) is 11.1 Å². The van der Waals surface area contributed by atoms with Crippen molar-refractivity contribution in [1.82, 2.24) is 5.32 Å². The van der Waals surface area contributed by atoms with Crippen molar-refractivity contribution >= 4 is 5.71 Å². The van der Waals surface area contributed by atoms with Gasteiger partial charge in [-0.25, -0.2) is 0 Å². The van der Waals surface area contributed by atoms with Gasteiger partial charge in [-0.3, -0.25) is 0 Å². The van der Waals surface area contributed by atoms with Gasteiger partial charge in [-0.05, 0) is 43.6 Å². The van der Waals surface area contributed by atoms with Crippen LogP contribution in [0.3, 0.4) is 0 Å². The minimum absolute atomic E-state index is 0.333. The summed E-state index contributed by atoms with van der Waals surface area (Å²) < 4.78 is 0. The maximum atomic E-state index is 9.01. The van der Waals surface area contributed by atoms with Crippen LogP contribution < -0.4 is 5.32 Å².